The number of benzene rings is 1. The van der Waals surface area contributed by atoms with Crippen LogP contribution < -0.4 is 5.32 Å². The Morgan fingerprint density at radius 3 is 2.67 bits per heavy atom. The minimum atomic E-state index is -1.24. The normalized spacial score (nSPS) is 14.1. The predicted molar refractivity (Wildman–Crippen MR) is 71.7 cm³/mol. The second-order valence-electron chi connectivity index (χ2n) is 4.38. The van der Waals surface area contributed by atoms with Gasteiger partial charge < -0.3 is 15.5 Å². The summed E-state index contributed by atoms with van der Waals surface area (Å²) in [6, 6.07) is 3.03. The van der Waals surface area contributed by atoms with Gasteiger partial charge in [0.25, 0.3) is 5.69 Å². The quantitative estimate of drug-likeness (QED) is 0.568. The molecule has 1 atom stereocenters. The van der Waals surface area contributed by atoms with Crippen molar-refractivity contribution in [2.24, 2.45) is 0 Å². The summed E-state index contributed by atoms with van der Waals surface area (Å²) < 4.78 is 0.536. The highest BCUT2D eigenvalue weighted by Crippen LogP contribution is 2.30. The number of hydrogen-bond acceptors (Lipinski definition) is 5. The first-order valence-electron chi connectivity index (χ1n) is 5.28. The second-order valence-corrected chi connectivity index (χ2v) is 5.24. The molecule has 18 heavy (non-hydrogen) atoms. The van der Waals surface area contributed by atoms with Gasteiger partial charge in [0.2, 0.25) is 0 Å². The molecule has 6 nitrogen and oxygen atoms in total. The molecular weight excluding hydrogens is 304 g/mol. The monoisotopic (exact) mass is 318 g/mol. The Balaban J connectivity index is 2.92. The summed E-state index contributed by atoms with van der Waals surface area (Å²) >= 11 is 3.23. The van der Waals surface area contributed by atoms with E-state index < -0.39 is 10.5 Å². The first-order chi connectivity index (χ1) is 8.26. The van der Waals surface area contributed by atoms with Crippen molar-refractivity contribution < 1.29 is 15.1 Å². The summed E-state index contributed by atoms with van der Waals surface area (Å²) in [6.07, 6.45) is 0. The molecule has 0 fully saturated rings. The van der Waals surface area contributed by atoms with Gasteiger partial charge in [-0.15, -0.1) is 0 Å². The predicted octanol–water partition coefficient (Wildman–Crippen LogP) is 1.82. The van der Waals surface area contributed by atoms with Gasteiger partial charge in [-0.05, 0) is 35.8 Å². The zero-order chi connectivity index (χ0) is 13.9. The Kier molecular flexibility index (Phi) is 4.66. The van der Waals surface area contributed by atoms with Gasteiger partial charge >= 0.3 is 0 Å². The van der Waals surface area contributed by atoms with E-state index >= 15 is 0 Å². The fraction of sp³-hybridized carbons (Fsp3) is 0.455. The maximum absolute atomic E-state index is 10.7. The van der Waals surface area contributed by atoms with Gasteiger partial charge in [-0.1, -0.05) is 0 Å². The first-order valence-corrected chi connectivity index (χ1v) is 6.08. The summed E-state index contributed by atoms with van der Waals surface area (Å²) in [4.78, 5) is 10.3. The molecule has 1 aromatic rings. The lowest BCUT2D eigenvalue weighted by atomic mass is 10.1. The van der Waals surface area contributed by atoms with E-state index in [1.165, 1.54) is 13.0 Å². The Hall–Kier alpha value is -1.18. The summed E-state index contributed by atoms with van der Waals surface area (Å²) in [5, 5.41) is 32.2. The van der Waals surface area contributed by atoms with Crippen LogP contribution in [0, 0.1) is 17.0 Å². The molecule has 1 unspecified atom stereocenters. The molecular formula is C11H15BrN2O4. The van der Waals surface area contributed by atoms with E-state index in [2.05, 4.69) is 21.2 Å². The highest BCUT2D eigenvalue weighted by molar-refractivity contribution is 9.10. The third kappa shape index (κ3) is 3.66. The molecule has 0 aliphatic rings. The maximum atomic E-state index is 10.7. The number of nitrogens with one attached hydrogen (secondary N) is 1. The van der Waals surface area contributed by atoms with E-state index in [9.17, 15) is 15.2 Å². The Bertz CT molecular complexity index is 463. The molecule has 0 aliphatic heterocycles. The van der Waals surface area contributed by atoms with E-state index in [0.717, 1.165) is 0 Å². The molecule has 0 heterocycles. The third-order valence-corrected chi connectivity index (χ3v) is 3.14. The van der Waals surface area contributed by atoms with Crippen LogP contribution in [0.2, 0.25) is 0 Å². The van der Waals surface area contributed by atoms with E-state index in [1.807, 2.05) is 0 Å². The van der Waals surface area contributed by atoms with Crippen LogP contribution in [0.25, 0.3) is 0 Å². The van der Waals surface area contributed by atoms with E-state index in [4.69, 9.17) is 5.11 Å². The third-order valence-electron chi connectivity index (χ3n) is 2.48. The van der Waals surface area contributed by atoms with Gasteiger partial charge in [-0.25, -0.2) is 0 Å². The molecule has 100 valence electrons. The van der Waals surface area contributed by atoms with Crippen LogP contribution in [0.3, 0.4) is 0 Å². The fourth-order valence-corrected chi connectivity index (χ4v) is 1.82. The molecule has 1 aromatic carbocycles. The van der Waals surface area contributed by atoms with Crippen LogP contribution in [-0.2, 0) is 0 Å². The van der Waals surface area contributed by atoms with Crippen molar-refractivity contribution in [2.45, 2.75) is 19.4 Å². The number of nitrogens with zero attached hydrogens (tertiary/aromatic N) is 1. The van der Waals surface area contributed by atoms with Crippen LogP contribution in [0.15, 0.2) is 16.6 Å². The van der Waals surface area contributed by atoms with Crippen LogP contribution >= 0.6 is 15.9 Å². The minimum absolute atomic E-state index is 0.0290. The minimum Gasteiger partial charge on any atom is -0.393 e. The Morgan fingerprint density at radius 2 is 2.17 bits per heavy atom. The number of halogens is 1. The van der Waals surface area contributed by atoms with Crippen molar-refractivity contribution in [1.29, 1.82) is 0 Å². The smallest absolute Gasteiger partial charge is 0.273 e. The number of aliphatic hydroxyl groups excluding tert-OH is 1. The molecule has 7 heteroatoms. The molecule has 0 saturated carbocycles. The largest absolute Gasteiger partial charge is 0.393 e. The molecule has 1 rings (SSSR count). The fourth-order valence-electron chi connectivity index (χ4n) is 1.34. The van der Waals surface area contributed by atoms with Gasteiger partial charge in [-0.2, -0.15) is 0 Å². The van der Waals surface area contributed by atoms with Gasteiger partial charge in [0, 0.05) is 28.3 Å². The lowest BCUT2D eigenvalue weighted by molar-refractivity contribution is -0.385. The summed E-state index contributed by atoms with van der Waals surface area (Å²) in [7, 11) is 0. The van der Waals surface area contributed by atoms with Crippen LogP contribution in [-0.4, -0.2) is 33.9 Å². The number of anilines is 1. The van der Waals surface area contributed by atoms with Crippen molar-refractivity contribution in [3.05, 3.63) is 32.3 Å². The molecule has 0 spiro atoms. The summed E-state index contributed by atoms with van der Waals surface area (Å²) in [5.41, 5.74) is -0.0581. The van der Waals surface area contributed by atoms with Crippen molar-refractivity contribution in [1.82, 2.24) is 0 Å². The van der Waals surface area contributed by atoms with Crippen molar-refractivity contribution in [3.63, 3.8) is 0 Å². The number of hydrogen-bond donors (Lipinski definition) is 3. The molecule has 0 amide bonds. The van der Waals surface area contributed by atoms with E-state index in [1.54, 1.807) is 13.0 Å². The van der Waals surface area contributed by atoms with E-state index in [-0.39, 0.29) is 18.8 Å². The maximum Gasteiger partial charge on any atom is 0.273 e. The Morgan fingerprint density at radius 1 is 1.56 bits per heavy atom. The first kappa shape index (κ1) is 14.9. The summed E-state index contributed by atoms with van der Waals surface area (Å²) in [5.74, 6) is 0. The highest BCUT2D eigenvalue weighted by Gasteiger charge is 2.20. The number of aliphatic hydroxyl groups is 2. The van der Waals surface area contributed by atoms with Crippen molar-refractivity contribution in [2.75, 3.05) is 18.5 Å². The summed E-state index contributed by atoms with van der Waals surface area (Å²) in [6.45, 7) is 2.90. The number of rotatable bonds is 5. The standard InChI is InChI=1S/C11H15BrN2O4/c1-7-3-9(13-5-11(2,16)6-15)8(12)4-10(7)14(17)18/h3-4,13,15-16H,5-6H2,1-2H3. The second kappa shape index (κ2) is 5.64. The lowest BCUT2D eigenvalue weighted by Crippen LogP contribution is -2.37. The van der Waals surface area contributed by atoms with Crippen molar-refractivity contribution >= 4 is 27.3 Å². The van der Waals surface area contributed by atoms with Crippen LogP contribution in [0.4, 0.5) is 11.4 Å². The number of aryl methyl sites for hydroxylation is 1. The average molecular weight is 319 g/mol. The topological polar surface area (TPSA) is 95.6 Å². The molecule has 0 saturated heterocycles. The molecule has 0 aliphatic carbocycles. The van der Waals surface area contributed by atoms with Gasteiger partial charge in [0.15, 0.2) is 0 Å². The molecule has 0 bridgehead atoms. The van der Waals surface area contributed by atoms with Gasteiger partial charge in [0.1, 0.15) is 5.60 Å². The number of nitro benzene ring substituents is 1. The molecule has 0 aromatic heterocycles. The Labute approximate surface area is 113 Å². The zero-order valence-electron chi connectivity index (χ0n) is 10.1. The van der Waals surface area contributed by atoms with Gasteiger partial charge in [-0.3, -0.25) is 10.1 Å². The average Bonchev–Trinajstić information content (AvgIpc) is 2.29. The molecule has 0 radical (unpaired) electrons. The SMILES string of the molecule is Cc1cc(NCC(C)(O)CO)c(Br)cc1[N+](=O)[O-]. The van der Waals surface area contributed by atoms with Crippen LogP contribution in [0.1, 0.15) is 12.5 Å². The molecule has 3 N–H and O–H groups in total. The zero-order valence-corrected chi connectivity index (χ0v) is 11.7. The highest BCUT2D eigenvalue weighted by atomic mass is 79.9. The van der Waals surface area contributed by atoms with Crippen LogP contribution in [0.5, 0.6) is 0 Å². The van der Waals surface area contributed by atoms with Gasteiger partial charge in [0.05, 0.1) is 11.5 Å². The lowest BCUT2D eigenvalue weighted by Gasteiger charge is -2.22. The van der Waals surface area contributed by atoms with E-state index in [0.29, 0.717) is 15.7 Å². The van der Waals surface area contributed by atoms with Crippen molar-refractivity contribution in [3.8, 4) is 0 Å². The number of nitro groups is 1.